The Bertz CT molecular complexity index is 1010. The van der Waals surface area contributed by atoms with E-state index in [9.17, 15) is 13.2 Å². The van der Waals surface area contributed by atoms with Crippen molar-refractivity contribution in [3.8, 4) is 11.5 Å². The Morgan fingerprint density at radius 3 is 2.45 bits per heavy atom. The van der Waals surface area contributed by atoms with E-state index in [1.54, 1.807) is 26.4 Å². The van der Waals surface area contributed by atoms with E-state index in [0.717, 1.165) is 37.7 Å². The predicted molar refractivity (Wildman–Crippen MR) is 119 cm³/mol. The summed E-state index contributed by atoms with van der Waals surface area (Å²) in [6, 6.07) is 11.7. The normalized spacial score (nSPS) is 16.6. The molecule has 1 atom stereocenters. The summed E-state index contributed by atoms with van der Waals surface area (Å²) in [5.41, 5.74) is 1.66. The van der Waals surface area contributed by atoms with Crippen LogP contribution in [0.1, 0.15) is 31.2 Å². The number of benzene rings is 2. The minimum Gasteiger partial charge on any atom is -0.493 e. The van der Waals surface area contributed by atoms with Crippen molar-refractivity contribution in [1.29, 1.82) is 0 Å². The third-order valence-electron chi connectivity index (χ3n) is 5.54. The van der Waals surface area contributed by atoms with Gasteiger partial charge in [0, 0.05) is 18.3 Å². The molecule has 8 nitrogen and oxygen atoms in total. The fourth-order valence-electron chi connectivity index (χ4n) is 3.86. The number of hydrogen-bond donors (Lipinski definition) is 2. The lowest BCUT2D eigenvalue weighted by Crippen LogP contribution is -2.46. The van der Waals surface area contributed by atoms with Gasteiger partial charge in [-0.1, -0.05) is 6.07 Å². The summed E-state index contributed by atoms with van der Waals surface area (Å²) in [4.78, 5) is 14.8. The Hall–Kier alpha value is -2.78. The van der Waals surface area contributed by atoms with E-state index in [0.29, 0.717) is 23.7 Å². The number of nitrogens with zero attached hydrogens (tertiary/aromatic N) is 1. The quantitative estimate of drug-likeness (QED) is 0.676. The monoisotopic (exact) mass is 447 g/mol. The lowest BCUT2D eigenvalue weighted by Gasteiger charge is -2.36. The van der Waals surface area contributed by atoms with E-state index in [4.69, 9.17) is 14.6 Å². The number of piperidine rings is 1. The summed E-state index contributed by atoms with van der Waals surface area (Å²) in [6.07, 6.45) is 4.66. The number of amides is 2. The summed E-state index contributed by atoms with van der Waals surface area (Å²) in [5, 5.41) is 7.99. The second-order valence-electron chi connectivity index (χ2n) is 7.57. The zero-order chi connectivity index (χ0) is 22.4. The Labute approximate surface area is 183 Å². The maximum Gasteiger partial charge on any atom is 0.322 e. The number of aryl methyl sites for hydroxylation is 1. The maximum atomic E-state index is 12.9. The summed E-state index contributed by atoms with van der Waals surface area (Å²) >= 11 is 0. The molecule has 0 saturated carbocycles. The van der Waals surface area contributed by atoms with Crippen molar-refractivity contribution in [3.05, 3.63) is 48.0 Å². The van der Waals surface area contributed by atoms with Crippen LogP contribution < -0.4 is 19.9 Å². The van der Waals surface area contributed by atoms with Gasteiger partial charge >= 0.3 is 6.03 Å². The standard InChI is InChI=1S/C22H29N3O5S/c1-29-20-13-7-16(15-21(20)30-2)6-10-18-5-3-4-14-25(18)22(26)24-17-8-11-19(12-9-17)31(23,27)28/h7-9,11-13,15,18H,3-6,10,14H2,1-2H3,(H,24,26)(H2,23,27,28). The molecule has 0 bridgehead atoms. The molecule has 0 aromatic heterocycles. The predicted octanol–water partition coefficient (Wildman–Crippen LogP) is 3.37. The first-order valence-corrected chi connectivity index (χ1v) is 11.8. The fraction of sp³-hybridized carbons (Fsp3) is 0.409. The van der Waals surface area contributed by atoms with Gasteiger partial charge in [-0.25, -0.2) is 18.4 Å². The van der Waals surface area contributed by atoms with E-state index >= 15 is 0 Å². The summed E-state index contributed by atoms with van der Waals surface area (Å²) in [6.45, 7) is 0.692. The van der Waals surface area contributed by atoms with Crippen molar-refractivity contribution in [1.82, 2.24) is 4.90 Å². The van der Waals surface area contributed by atoms with Gasteiger partial charge in [-0.05, 0) is 74.1 Å². The molecule has 0 spiro atoms. The molecular weight excluding hydrogens is 418 g/mol. The third-order valence-corrected chi connectivity index (χ3v) is 6.47. The number of carbonyl (C=O) groups excluding carboxylic acids is 1. The number of rotatable bonds is 7. The van der Waals surface area contributed by atoms with Gasteiger partial charge in [-0.3, -0.25) is 0 Å². The zero-order valence-electron chi connectivity index (χ0n) is 17.8. The van der Waals surface area contributed by atoms with E-state index in [2.05, 4.69) is 5.32 Å². The molecule has 9 heteroatoms. The number of anilines is 1. The largest absolute Gasteiger partial charge is 0.493 e. The molecular formula is C22H29N3O5S. The second kappa shape index (κ2) is 10.0. The van der Waals surface area contributed by atoms with Crippen LogP contribution in [0.15, 0.2) is 47.4 Å². The molecule has 3 N–H and O–H groups in total. The van der Waals surface area contributed by atoms with E-state index in [1.807, 2.05) is 23.1 Å². The molecule has 0 radical (unpaired) electrons. The highest BCUT2D eigenvalue weighted by Gasteiger charge is 2.26. The first kappa shape index (κ1) is 22.9. The minimum atomic E-state index is -3.76. The minimum absolute atomic E-state index is 0.0104. The number of primary sulfonamides is 1. The number of carbonyl (C=O) groups is 1. The van der Waals surface area contributed by atoms with Gasteiger partial charge in [0.25, 0.3) is 0 Å². The third kappa shape index (κ3) is 5.89. The molecule has 1 heterocycles. The van der Waals surface area contributed by atoms with Crippen LogP contribution in [0.3, 0.4) is 0 Å². The van der Waals surface area contributed by atoms with Crippen LogP contribution in [0.2, 0.25) is 0 Å². The van der Waals surface area contributed by atoms with Crippen LogP contribution >= 0.6 is 0 Å². The van der Waals surface area contributed by atoms with Gasteiger partial charge < -0.3 is 19.7 Å². The van der Waals surface area contributed by atoms with Crippen LogP contribution in [0.4, 0.5) is 10.5 Å². The van der Waals surface area contributed by atoms with E-state index in [1.165, 1.54) is 12.1 Å². The molecule has 1 unspecified atom stereocenters. The lowest BCUT2D eigenvalue weighted by atomic mass is 9.96. The molecule has 31 heavy (non-hydrogen) atoms. The van der Waals surface area contributed by atoms with Crippen molar-refractivity contribution in [2.75, 3.05) is 26.1 Å². The van der Waals surface area contributed by atoms with E-state index in [-0.39, 0.29) is 17.0 Å². The summed E-state index contributed by atoms with van der Waals surface area (Å²) in [5.74, 6) is 1.39. The molecule has 1 fully saturated rings. The van der Waals surface area contributed by atoms with Gasteiger partial charge in [-0.15, -0.1) is 0 Å². The van der Waals surface area contributed by atoms with Gasteiger partial charge in [0.1, 0.15) is 0 Å². The van der Waals surface area contributed by atoms with Gasteiger partial charge in [0.15, 0.2) is 11.5 Å². The van der Waals surface area contributed by atoms with Crippen LogP contribution in [0.5, 0.6) is 11.5 Å². The SMILES string of the molecule is COc1ccc(CCC2CCCCN2C(=O)Nc2ccc(S(N)(=O)=O)cc2)cc1OC. The molecule has 1 aliphatic heterocycles. The number of nitrogens with one attached hydrogen (secondary N) is 1. The zero-order valence-corrected chi connectivity index (χ0v) is 18.7. The number of methoxy groups -OCH3 is 2. The van der Waals surface area contributed by atoms with Gasteiger partial charge in [-0.2, -0.15) is 0 Å². The number of urea groups is 1. The Morgan fingerprint density at radius 2 is 1.81 bits per heavy atom. The molecule has 2 aromatic rings. The van der Waals surface area contributed by atoms with Gasteiger partial charge in [0.2, 0.25) is 10.0 Å². The van der Waals surface area contributed by atoms with Crippen molar-refractivity contribution in [2.24, 2.45) is 5.14 Å². The average Bonchev–Trinajstić information content (AvgIpc) is 2.77. The van der Waals surface area contributed by atoms with Crippen molar-refractivity contribution >= 4 is 21.7 Å². The molecule has 1 saturated heterocycles. The first-order valence-electron chi connectivity index (χ1n) is 10.2. The number of ether oxygens (including phenoxy) is 2. The van der Waals surface area contributed by atoms with E-state index < -0.39 is 10.0 Å². The Morgan fingerprint density at radius 1 is 1.10 bits per heavy atom. The number of likely N-dealkylation sites (tertiary alicyclic amines) is 1. The number of nitrogens with two attached hydrogens (primary N) is 1. The number of sulfonamides is 1. The molecule has 168 valence electrons. The lowest BCUT2D eigenvalue weighted by molar-refractivity contribution is 0.158. The average molecular weight is 448 g/mol. The summed E-state index contributed by atoms with van der Waals surface area (Å²) < 4.78 is 33.4. The topological polar surface area (TPSA) is 111 Å². The van der Waals surface area contributed by atoms with Crippen LogP contribution in [-0.4, -0.2) is 46.2 Å². The Balaban J connectivity index is 1.64. The molecule has 1 aliphatic rings. The van der Waals surface area contributed by atoms with Crippen LogP contribution in [0, 0.1) is 0 Å². The highest BCUT2D eigenvalue weighted by Crippen LogP contribution is 2.29. The molecule has 2 aromatic carbocycles. The fourth-order valence-corrected chi connectivity index (χ4v) is 4.38. The highest BCUT2D eigenvalue weighted by atomic mass is 32.2. The van der Waals surface area contributed by atoms with Gasteiger partial charge in [0.05, 0.1) is 19.1 Å². The molecule has 3 rings (SSSR count). The van der Waals surface area contributed by atoms with Crippen molar-refractivity contribution < 1.29 is 22.7 Å². The Kier molecular flexibility index (Phi) is 7.40. The van der Waals surface area contributed by atoms with Crippen LogP contribution in [0.25, 0.3) is 0 Å². The smallest absolute Gasteiger partial charge is 0.322 e. The maximum absolute atomic E-state index is 12.9. The van der Waals surface area contributed by atoms with Crippen LogP contribution in [-0.2, 0) is 16.4 Å². The molecule has 2 amide bonds. The first-order chi connectivity index (χ1) is 14.8. The second-order valence-corrected chi connectivity index (χ2v) is 9.13. The van der Waals surface area contributed by atoms with Crippen molar-refractivity contribution in [2.45, 2.75) is 43.0 Å². The summed E-state index contributed by atoms with van der Waals surface area (Å²) in [7, 11) is -0.535. The highest BCUT2D eigenvalue weighted by molar-refractivity contribution is 7.89. The molecule has 0 aliphatic carbocycles. The number of hydrogen-bond acceptors (Lipinski definition) is 5. The van der Waals surface area contributed by atoms with Crippen molar-refractivity contribution in [3.63, 3.8) is 0 Å².